The maximum atomic E-state index is 13.4. The van der Waals surface area contributed by atoms with Gasteiger partial charge in [-0.15, -0.1) is 0 Å². The fourth-order valence-corrected chi connectivity index (χ4v) is 6.20. The van der Waals surface area contributed by atoms with Gasteiger partial charge in [0.1, 0.15) is 15.7 Å². The minimum absolute atomic E-state index is 0.0846. The summed E-state index contributed by atoms with van der Waals surface area (Å²) in [5.41, 5.74) is 2.94. The number of halogens is 1. The smallest absolute Gasteiger partial charge is 0.243 e. The lowest BCUT2D eigenvalue weighted by atomic mass is 9.99. The fourth-order valence-electron chi connectivity index (χ4n) is 3.67. The topological polar surface area (TPSA) is 87.3 Å². The molecule has 1 atom stereocenters. The van der Waals surface area contributed by atoms with Crippen molar-refractivity contribution in [2.45, 2.75) is 17.9 Å². The van der Waals surface area contributed by atoms with Gasteiger partial charge in [-0.3, -0.25) is 0 Å². The van der Waals surface area contributed by atoms with E-state index in [1.54, 1.807) is 31.3 Å². The molecule has 1 unspecified atom stereocenters. The standard InChI is InChI=1S/C19H19FN2O4S2/c1-12-16-9-13(17-11-21-18-10-14(20)4-5-15(17)18)3-6-19(16)28(25,26)22(12)7-8-27(2,23)24/h3-6,9-12,21H,7-8H2,1-2H3. The lowest BCUT2D eigenvalue weighted by molar-refractivity contribution is 0.376. The Balaban J connectivity index is 1.77. The van der Waals surface area contributed by atoms with Crippen LogP contribution in [0.4, 0.5) is 4.39 Å². The average molecular weight is 423 g/mol. The van der Waals surface area contributed by atoms with Gasteiger partial charge in [0, 0.05) is 41.5 Å². The van der Waals surface area contributed by atoms with E-state index in [1.807, 2.05) is 6.07 Å². The third-order valence-corrected chi connectivity index (χ3v) is 8.08. The van der Waals surface area contributed by atoms with Gasteiger partial charge < -0.3 is 4.98 Å². The lowest BCUT2D eigenvalue weighted by Gasteiger charge is -2.19. The van der Waals surface area contributed by atoms with Crippen LogP contribution in [0.25, 0.3) is 22.0 Å². The van der Waals surface area contributed by atoms with Crippen LogP contribution in [0.15, 0.2) is 47.5 Å². The molecule has 3 aromatic rings. The molecule has 1 N–H and O–H groups in total. The molecule has 0 radical (unpaired) electrons. The Morgan fingerprint density at radius 2 is 1.93 bits per heavy atom. The van der Waals surface area contributed by atoms with Crippen LogP contribution in [0.1, 0.15) is 18.5 Å². The zero-order valence-corrected chi connectivity index (χ0v) is 16.9. The molecule has 0 saturated carbocycles. The van der Waals surface area contributed by atoms with Crippen molar-refractivity contribution in [3.8, 4) is 11.1 Å². The van der Waals surface area contributed by atoms with Gasteiger partial charge in [-0.05, 0) is 48.4 Å². The van der Waals surface area contributed by atoms with E-state index >= 15 is 0 Å². The first-order valence-electron chi connectivity index (χ1n) is 8.68. The molecule has 1 aliphatic rings. The molecule has 0 bridgehead atoms. The molecule has 0 fully saturated rings. The summed E-state index contributed by atoms with van der Waals surface area (Å²) in [6, 6.07) is 9.09. The van der Waals surface area contributed by atoms with E-state index in [0.29, 0.717) is 11.1 Å². The SMILES string of the molecule is CC1c2cc(-c3c[nH]c4cc(F)ccc34)ccc2S(=O)(=O)N1CCS(C)(=O)=O. The monoisotopic (exact) mass is 422 g/mol. The summed E-state index contributed by atoms with van der Waals surface area (Å²) in [6.07, 6.45) is 2.85. The molecule has 1 aromatic heterocycles. The number of sulfonamides is 1. The number of fused-ring (bicyclic) bond motifs is 2. The number of hydrogen-bond acceptors (Lipinski definition) is 4. The molecule has 1 aliphatic heterocycles. The van der Waals surface area contributed by atoms with Crippen LogP contribution in [0.2, 0.25) is 0 Å². The van der Waals surface area contributed by atoms with Gasteiger partial charge in [-0.25, -0.2) is 21.2 Å². The quantitative estimate of drug-likeness (QED) is 0.700. The van der Waals surface area contributed by atoms with E-state index in [9.17, 15) is 21.2 Å². The highest BCUT2D eigenvalue weighted by atomic mass is 32.2. The largest absolute Gasteiger partial charge is 0.360 e. The molecule has 148 valence electrons. The Morgan fingerprint density at radius 3 is 2.64 bits per heavy atom. The second kappa shape index (κ2) is 6.40. The van der Waals surface area contributed by atoms with Gasteiger partial charge in [0.15, 0.2) is 0 Å². The highest BCUT2D eigenvalue weighted by Gasteiger charge is 2.40. The van der Waals surface area contributed by atoms with Crippen LogP contribution in [0.5, 0.6) is 0 Å². The Kier molecular flexibility index (Phi) is 4.36. The number of benzene rings is 2. The highest BCUT2D eigenvalue weighted by Crippen LogP contribution is 2.41. The summed E-state index contributed by atoms with van der Waals surface area (Å²) < 4.78 is 63.3. The highest BCUT2D eigenvalue weighted by molar-refractivity contribution is 7.91. The predicted octanol–water partition coefficient (Wildman–Crippen LogP) is 3.08. The number of nitrogens with one attached hydrogen (secondary N) is 1. The number of H-pyrrole nitrogens is 1. The number of hydrogen-bond donors (Lipinski definition) is 1. The van der Waals surface area contributed by atoms with Gasteiger partial charge >= 0.3 is 0 Å². The number of nitrogens with zero attached hydrogens (tertiary/aromatic N) is 1. The van der Waals surface area contributed by atoms with Crippen LogP contribution >= 0.6 is 0 Å². The van der Waals surface area contributed by atoms with E-state index < -0.39 is 25.9 Å². The van der Waals surface area contributed by atoms with Crippen molar-refractivity contribution in [3.05, 3.63) is 54.0 Å². The van der Waals surface area contributed by atoms with Crippen molar-refractivity contribution in [2.24, 2.45) is 0 Å². The van der Waals surface area contributed by atoms with Gasteiger partial charge in [0.2, 0.25) is 10.0 Å². The summed E-state index contributed by atoms with van der Waals surface area (Å²) >= 11 is 0. The molecule has 0 aliphatic carbocycles. The van der Waals surface area contributed by atoms with Crippen molar-refractivity contribution < 1.29 is 21.2 Å². The van der Waals surface area contributed by atoms with Gasteiger partial charge in [0.25, 0.3) is 0 Å². The Labute approximate surface area is 163 Å². The molecule has 2 heterocycles. The first kappa shape index (κ1) is 19.1. The second-order valence-electron chi connectivity index (χ2n) is 7.07. The van der Waals surface area contributed by atoms with Crippen LogP contribution in [0.3, 0.4) is 0 Å². The molecule has 4 rings (SSSR count). The first-order chi connectivity index (χ1) is 13.1. The van der Waals surface area contributed by atoms with Crippen molar-refractivity contribution >= 4 is 30.8 Å². The second-order valence-corrected chi connectivity index (χ2v) is 11.2. The molecular weight excluding hydrogens is 403 g/mol. The normalized spacial score (nSPS) is 19.2. The van der Waals surface area contributed by atoms with Crippen molar-refractivity contribution in [3.63, 3.8) is 0 Å². The Hall–Kier alpha value is -2.23. The van der Waals surface area contributed by atoms with E-state index in [2.05, 4.69) is 4.98 Å². The maximum Gasteiger partial charge on any atom is 0.243 e. The van der Waals surface area contributed by atoms with Crippen molar-refractivity contribution in [1.82, 2.24) is 9.29 Å². The fraction of sp³-hybridized carbons (Fsp3) is 0.263. The third kappa shape index (κ3) is 3.13. The summed E-state index contributed by atoms with van der Waals surface area (Å²) in [4.78, 5) is 3.23. The van der Waals surface area contributed by atoms with Gasteiger partial charge in [-0.1, -0.05) is 6.07 Å². The molecule has 28 heavy (non-hydrogen) atoms. The van der Waals surface area contributed by atoms with Gasteiger partial charge in [-0.2, -0.15) is 4.31 Å². The number of sulfone groups is 1. The molecular formula is C19H19FN2O4S2. The average Bonchev–Trinajstić information content (AvgIpc) is 3.10. The van der Waals surface area contributed by atoms with Crippen LogP contribution in [-0.2, 0) is 19.9 Å². The minimum Gasteiger partial charge on any atom is -0.360 e. The summed E-state index contributed by atoms with van der Waals surface area (Å²) in [7, 11) is -7.03. The lowest BCUT2D eigenvalue weighted by Crippen LogP contribution is -2.31. The number of aromatic amines is 1. The number of aromatic nitrogens is 1. The number of rotatable bonds is 4. The zero-order valence-electron chi connectivity index (χ0n) is 15.3. The van der Waals surface area contributed by atoms with E-state index in [4.69, 9.17) is 0 Å². The summed E-state index contributed by atoms with van der Waals surface area (Å²) in [5, 5.41) is 0.837. The van der Waals surface area contributed by atoms with E-state index in [-0.39, 0.29) is 23.0 Å². The molecule has 6 nitrogen and oxygen atoms in total. The zero-order chi connectivity index (χ0) is 20.3. The third-order valence-electron chi connectivity index (χ3n) is 5.12. The van der Waals surface area contributed by atoms with Gasteiger partial charge in [0.05, 0.1) is 10.6 Å². The minimum atomic E-state index is -3.74. The molecule has 0 saturated heterocycles. The van der Waals surface area contributed by atoms with E-state index in [1.165, 1.54) is 16.4 Å². The predicted molar refractivity (Wildman–Crippen MR) is 106 cm³/mol. The molecule has 0 spiro atoms. The van der Waals surface area contributed by atoms with E-state index in [0.717, 1.165) is 22.8 Å². The van der Waals surface area contributed by atoms with Crippen LogP contribution < -0.4 is 0 Å². The molecule has 0 amide bonds. The molecule has 9 heteroatoms. The Morgan fingerprint density at radius 1 is 1.18 bits per heavy atom. The summed E-state index contributed by atoms with van der Waals surface area (Å²) in [6.45, 7) is 1.67. The summed E-state index contributed by atoms with van der Waals surface area (Å²) in [5.74, 6) is -0.568. The van der Waals surface area contributed by atoms with Crippen LogP contribution in [0, 0.1) is 5.82 Å². The molecule has 2 aromatic carbocycles. The Bertz CT molecular complexity index is 1300. The van der Waals surface area contributed by atoms with Crippen molar-refractivity contribution in [1.29, 1.82) is 0 Å². The first-order valence-corrected chi connectivity index (χ1v) is 12.2. The van der Waals surface area contributed by atoms with Crippen molar-refractivity contribution in [2.75, 3.05) is 18.6 Å². The van der Waals surface area contributed by atoms with Crippen LogP contribution in [-0.4, -0.2) is 44.7 Å². The maximum absolute atomic E-state index is 13.4.